The Hall–Kier alpha value is -5.30. The fourth-order valence-electron chi connectivity index (χ4n) is 15.2. The van der Waals surface area contributed by atoms with Crippen molar-refractivity contribution in [1.82, 2.24) is 24.9 Å². The van der Waals surface area contributed by atoms with Crippen molar-refractivity contribution >= 4 is 82.4 Å². The zero-order valence-electron chi connectivity index (χ0n) is 78.9. The first-order valence-corrected chi connectivity index (χ1v) is 45.2. The molecule has 5 aromatic heterocycles. The number of hydrogen-bond donors (Lipinski definition) is 10. The van der Waals surface area contributed by atoms with E-state index in [2.05, 4.69) is 231 Å². The van der Waals surface area contributed by atoms with Crippen molar-refractivity contribution < 1.29 is 152 Å². The molecule has 12 atom stereocenters. The summed E-state index contributed by atoms with van der Waals surface area (Å²) < 4.78 is 0. The summed E-state index contributed by atoms with van der Waals surface area (Å²) in [6, 6.07) is 51.7. The van der Waals surface area contributed by atoms with Gasteiger partial charge in [-0.1, -0.05) is 235 Å². The molecule has 5 aliphatic rings. The fourth-order valence-corrected chi connectivity index (χ4v) is 15.2. The van der Waals surface area contributed by atoms with Crippen molar-refractivity contribution in [2.24, 2.45) is 11.8 Å². The topological polar surface area (TPSA) is 267 Å². The Morgan fingerprint density at radius 2 is 0.516 bits per heavy atom. The molecule has 5 aromatic carbocycles. The van der Waals surface area contributed by atoms with Gasteiger partial charge in [-0.3, -0.25) is 30.4 Å². The average Bonchev–Trinajstić information content (AvgIpc) is 0.798. The van der Waals surface area contributed by atoms with Gasteiger partial charge in [0.25, 0.3) is 0 Å². The number of aromatic nitrogens is 5. The fraction of sp³-hybridized carbons (Fsp3) is 0.491. The van der Waals surface area contributed by atoms with Gasteiger partial charge in [-0.2, -0.15) is 27.9 Å². The Morgan fingerprint density at radius 1 is 0.266 bits per heavy atom. The normalized spacial score (nSPS) is 17.2. The van der Waals surface area contributed by atoms with Gasteiger partial charge < -0.3 is 76.0 Å². The number of aliphatic hydroxyl groups excluding tert-OH is 10. The van der Waals surface area contributed by atoms with Crippen LogP contribution in [0.25, 0.3) is 82.4 Å². The third kappa shape index (κ3) is 47.1. The summed E-state index contributed by atoms with van der Waals surface area (Å²) in [4.78, 5) is 23.9. The minimum Gasteiger partial charge on any atom is -0.393 e. The van der Waals surface area contributed by atoms with Gasteiger partial charge in [0.15, 0.2) is 0 Å². The molecule has 0 bridgehead atoms. The minimum absolute atomic E-state index is 0. The molecule has 12 unspecified atom stereocenters. The Morgan fingerprint density at radius 3 is 0.805 bits per heavy atom. The van der Waals surface area contributed by atoms with E-state index < -0.39 is 0 Å². The van der Waals surface area contributed by atoms with Crippen molar-refractivity contribution in [2.45, 2.75) is 333 Å². The van der Waals surface area contributed by atoms with Crippen LogP contribution >= 0.6 is 0 Å². The van der Waals surface area contributed by atoms with E-state index in [9.17, 15) is 0 Å². The van der Waals surface area contributed by atoms with E-state index in [0.29, 0.717) is 43.9 Å². The largest absolute Gasteiger partial charge is 0.393 e. The number of rotatable bonds is 15. The molecule has 713 valence electrons. The first-order chi connectivity index (χ1) is 58.5. The first-order valence-electron chi connectivity index (χ1n) is 45.2. The molecule has 15 nitrogen and oxygen atoms in total. The molecule has 10 N–H and O–H groups in total. The first kappa shape index (κ1) is 121. The number of nitrogens with zero attached hydrogens (tertiary/aromatic N) is 5. The van der Waals surface area contributed by atoms with Gasteiger partial charge >= 0.3 is 0 Å². The van der Waals surface area contributed by atoms with E-state index in [1.165, 1.54) is 152 Å². The summed E-state index contributed by atoms with van der Waals surface area (Å²) in [7, 11) is 0. The summed E-state index contributed by atoms with van der Waals surface area (Å²) in [5.41, 5.74) is 25.3. The second-order valence-electron chi connectivity index (χ2n) is 35.0. The van der Waals surface area contributed by atoms with Crippen LogP contribution in [0, 0.1) is 83.8 Å². The molecule has 15 rings (SSSR count). The van der Waals surface area contributed by atoms with Gasteiger partial charge in [0.2, 0.25) is 0 Å². The molecule has 0 amide bonds. The van der Waals surface area contributed by atoms with Crippen LogP contribution in [0.15, 0.2) is 146 Å². The number of fused-ring (bicyclic) bond motifs is 5. The standard InChI is InChI=1S/3C17H18N.2C16H16N.5C5H12O2.5Ir/c1-12-4-3-5-14(10-12)17-9-7-15-11-13(2)6-8-16(15)18-17;1-12-4-3-5-15(10-12)16-9-8-14-7-6-13(2)11-17(14)18-16;1-12-8-9-16-15(10-12)11-13(2)17(18-16)14-6-4-3-5-7-14;1-12-7-9-16-14(11-12)8-10-15(17-16)13-5-3-2-4-6-13;1-12-7-8-14-9-10-15(17-16(14)11-12)13-5-3-2-4-6-13;5*1-4(6)3-5(2)7;;;;;/h2*6-9,11-12H,3-5H2,1-2H3;8-11H,3-6H2,1-2H3;2*7-11H,2-5H2,1H3;5*4-7H,3H2,1-2H3;;;;;/q5*-1;;;;;;;;;;. The third-order valence-electron chi connectivity index (χ3n) is 21.0. The van der Waals surface area contributed by atoms with Crippen LogP contribution in [0.4, 0.5) is 0 Å². The Labute approximate surface area is 834 Å². The average molecular weight is 2640 g/mol. The maximum Gasteiger partial charge on any atom is 0.0536 e. The SMILES string of the molecule is CC(O)CC(C)O.CC(O)CC(C)O.CC(O)CC(C)O.CC(O)CC(C)O.CC(O)CC(C)O.Cc1ccc2ccc(C3=[C-]C(C)CCC3)nc2c1.Cc1ccc2ccc(C3=[C-]CCCC3)nc2c1.Cc1ccc2nc(C3=[C-]C(C)CCC3)ccc2c1.Cc1ccc2nc(C3=[C-]CCCC3)c(C)cc2c1.Cc1ccc2nc(C3=[C-]CCCC3)ccc2c1.[Ir].[Ir].[Ir].[Ir].[Ir]. The molecule has 5 heterocycles. The predicted octanol–water partition coefficient (Wildman–Crippen LogP) is 23.0. The van der Waals surface area contributed by atoms with Crippen LogP contribution in [-0.4, -0.2) is 137 Å². The minimum atomic E-state index is -0.375. The third-order valence-corrected chi connectivity index (χ3v) is 21.0. The Kier molecular flexibility index (Phi) is 60.9. The van der Waals surface area contributed by atoms with Crippen LogP contribution in [0.1, 0.15) is 293 Å². The molecule has 20 heteroatoms. The van der Waals surface area contributed by atoms with Crippen molar-refractivity contribution in [1.29, 1.82) is 0 Å². The van der Waals surface area contributed by atoms with E-state index in [-0.39, 0.29) is 162 Å². The molecule has 0 saturated carbocycles. The number of pyridine rings is 5. The summed E-state index contributed by atoms with van der Waals surface area (Å²) in [6.45, 7) is 33.8. The van der Waals surface area contributed by atoms with Gasteiger partial charge in [0.05, 0.1) is 61.0 Å². The number of aryl methyl sites for hydroxylation is 6. The second-order valence-corrected chi connectivity index (χ2v) is 35.0. The molecule has 10 aromatic rings. The molecular formula is C108H146Ir5N5O10-5. The van der Waals surface area contributed by atoms with E-state index in [4.69, 9.17) is 76.0 Å². The van der Waals surface area contributed by atoms with Crippen molar-refractivity contribution in [3.63, 3.8) is 0 Å². The van der Waals surface area contributed by atoms with Gasteiger partial charge in [-0.25, -0.2) is 0 Å². The number of allylic oxidation sites excluding steroid dienone is 10. The number of aliphatic hydroxyl groups is 10. The maximum absolute atomic E-state index is 8.56. The van der Waals surface area contributed by atoms with Crippen LogP contribution in [0.3, 0.4) is 0 Å². The summed E-state index contributed by atoms with van der Waals surface area (Å²) in [5.74, 6) is 1.15. The van der Waals surface area contributed by atoms with Crippen molar-refractivity contribution in [2.75, 3.05) is 0 Å². The van der Waals surface area contributed by atoms with Crippen LogP contribution < -0.4 is 0 Å². The molecule has 5 aliphatic carbocycles. The summed E-state index contributed by atoms with van der Waals surface area (Å²) in [5, 5.41) is 91.8. The van der Waals surface area contributed by atoms with E-state index in [0.717, 1.165) is 107 Å². The molecule has 128 heavy (non-hydrogen) atoms. The van der Waals surface area contributed by atoms with Crippen LogP contribution in [0.5, 0.6) is 0 Å². The van der Waals surface area contributed by atoms with Gasteiger partial charge in [0, 0.05) is 128 Å². The van der Waals surface area contributed by atoms with Gasteiger partial charge in [-0.15, -0.1) is 60.9 Å². The molecule has 0 aliphatic heterocycles. The molecular weight excluding hydrogens is 2490 g/mol. The molecule has 0 fully saturated rings. The predicted molar refractivity (Wildman–Crippen MR) is 512 cm³/mol. The van der Waals surface area contributed by atoms with Gasteiger partial charge in [0.1, 0.15) is 0 Å². The summed E-state index contributed by atoms with van der Waals surface area (Å²) in [6.07, 6.45) is 37.8. The number of hydrogen-bond acceptors (Lipinski definition) is 15. The second kappa shape index (κ2) is 64.6. The van der Waals surface area contributed by atoms with E-state index in [1.54, 1.807) is 69.2 Å². The van der Waals surface area contributed by atoms with Gasteiger partial charge in [-0.05, 0) is 223 Å². The Bertz CT molecular complexity index is 4910. The van der Waals surface area contributed by atoms with E-state index in [1.807, 2.05) is 0 Å². The van der Waals surface area contributed by atoms with Crippen LogP contribution in [0.2, 0.25) is 0 Å². The van der Waals surface area contributed by atoms with Crippen LogP contribution in [-0.2, 0) is 101 Å². The summed E-state index contributed by atoms with van der Waals surface area (Å²) >= 11 is 0. The smallest absolute Gasteiger partial charge is 0.0536 e. The quantitative estimate of drug-likeness (QED) is 0.0428. The Balaban J connectivity index is 0.000000727. The zero-order chi connectivity index (χ0) is 90.2. The van der Waals surface area contributed by atoms with Crippen molar-refractivity contribution in [3.8, 4) is 0 Å². The maximum atomic E-state index is 8.56. The monoisotopic (exact) mass is 2640 g/mol. The van der Waals surface area contributed by atoms with Crippen molar-refractivity contribution in [3.05, 3.63) is 238 Å². The van der Waals surface area contributed by atoms with E-state index >= 15 is 0 Å². The zero-order valence-corrected chi connectivity index (χ0v) is 90.9. The molecule has 0 spiro atoms. The number of benzene rings is 5. The molecule has 5 radical (unpaired) electrons. The molecule has 0 saturated heterocycles.